The van der Waals surface area contributed by atoms with Gasteiger partial charge in [0.1, 0.15) is 0 Å². The van der Waals surface area contributed by atoms with Gasteiger partial charge in [-0.05, 0) is 25.5 Å². The van der Waals surface area contributed by atoms with E-state index in [1.54, 1.807) is 22.0 Å². The Bertz CT molecular complexity index is 911. The van der Waals surface area contributed by atoms with Gasteiger partial charge in [0.25, 0.3) is 5.91 Å². The van der Waals surface area contributed by atoms with E-state index in [1.165, 1.54) is 0 Å². The van der Waals surface area contributed by atoms with Crippen LogP contribution in [-0.2, 0) is 9.53 Å². The molecule has 3 aliphatic rings. The lowest BCUT2D eigenvalue weighted by Crippen LogP contribution is -2.56. The number of likely N-dealkylation sites (tertiary alicyclic amines) is 1. The lowest BCUT2D eigenvalue weighted by Gasteiger charge is -2.42. The molecule has 140 valence electrons. The van der Waals surface area contributed by atoms with E-state index in [4.69, 9.17) is 4.74 Å². The summed E-state index contributed by atoms with van der Waals surface area (Å²) in [6, 6.07) is 5.34. The van der Waals surface area contributed by atoms with E-state index in [0.29, 0.717) is 43.9 Å². The van der Waals surface area contributed by atoms with Crippen molar-refractivity contribution in [3.8, 4) is 5.82 Å². The van der Waals surface area contributed by atoms with Crippen LogP contribution >= 0.6 is 0 Å². The van der Waals surface area contributed by atoms with Crippen LogP contribution in [0.2, 0.25) is 0 Å². The van der Waals surface area contributed by atoms with Crippen molar-refractivity contribution in [1.82, 2.24) is 24.6 Å². The molecule has 8 heteroatoms. The number of rotatable bonds is 2. The van der Waals surface area contributed by atoms with Crippen LogP contribution in [0.1, 0.15) is 35.3 Å². The van der Waals surface area contributed by atoms with Gasteiger partial charge in [-0.25, -0.2) is 9.67 Å². The quantitative estimate of drug-likeness (QED) is 0.795. The zero-order chi connectivity index (χ0) is 18.6. The number of amides is 2. The SMILES string of the molecule is Cc1c(C(=O)N2CC[C@@]34OCCCN3C(=O)C[C@@H]24)cnn1-c1ccccn1. The van der Waals surface area contributed by atoms with Gasteiger partial charge in [0.2, 0.25) is 5.91 Å². The predicted octanol–water partition coefficient (Wildman–Crippen LogP) is 1.14. The minimum absolute atomic E-state index is 0.0816. The molecule has 2 aromatic rings. The molecule has 1 spiro atoms. The third-order valence-electron chi connectivity index (χ3n) is 5.98. The van der Waals surface area contributed by atoms with Gasteiger partial charge >= 0.3 is 0 Å². The maximum Gasteiger partial charge on any atom is 0.257 e. The molecule has 0 saturated carbocycles. The molecule has 0 bridgehead atoms. The summed E-state index contributed by atoms with van der Waals surface area (Å²) in [5.41, 5.74) is 0.653. The predicted molar refractivity (Wildman–Crippen MR) is 95.2 cm³/mol. The fraction of sp³-hybridized carbons (Fsp3) is 0.474. The molecule has 5 heterocycles. The molecule has 27 heavy (non-hydrogen) atoms. The second kappa shape index (κ2) is 5.88. The topological polar surface area (TPSA) is 80.6 Å². The second-order valence-electron chi connectivity index (χ2n) is 7.30. The number of ether oxygens (including phenoxy) is 1. The minimum Gasteiger partial charge on any atom is -0.353 e. The van der Waals surface area contributed by atoms with Crippen molar-refractivity contribution in [2.45, 2.75) is 38.0 Å². The molecule has 3 saturated heterocycles. The zero-order valence-corrected chi connectivity index (χ0v) is 15.2. The smallest absolute Gasteiger partial charge is 0.257 e. The fourth-order valence-corrected chi connectivity index (χ4v) is 4.68. The minimum atomic E-state index is -0.629. The molecular formula is C19H21N5O3. The lowest BCUT2D eigenvalue weighted by atomic mass is 10.0. The number of hydrogen-bond acceptors (Lipinski definition) is 5. The van der Waals surface area contributed by atoms with Gasteiger partial charge in [-0.3, -0.25) is 9.59 Å². The van der Waals surface area contributed by atoms with Crippen LogP contribution in [0.15, 0.2) is 30.6 Å². The first kappa shape index (κ1) is 16.4. The van der Waals surface area contributed by atoms with E-state index in [9.17, 15) is 9.59 Å². The monoisotopic (exact) mass is 367 g/mol. The first-order valence-corrected chi connectivity index (χ1v) is 9.33. The summed E-state index contributed by atoms with van der Waals surface area (Å²) in [6.45, 7) is 3.80. The number of pyridine rings is 1. The number of carbonyl (C=O) groups excluding carboxylic acids is 2. The van der Waals surface area contributed by atoms with Gasteiger partial charge in [0.15, 0.2) is 11.5 Å². The Kier molecular flexibility index (Phi) is 3.58. The molecule has 8 nitrogen and oxygen atoms in total. The maximum absolute atomic E-state index is 13.3. The molecule has 0 aromatic carbocycles. The van der Waals surface area contributed by atoms with Crippen molar-refractivity contribution >= 4 is 11.8 Å². The summed E-state index contributed by atoms with van der Waals surface area (Å²) in [4.78, 5) is 33.7. The van der Waals surface area contributed by atoms with Crippen LogP contribution < -0.4 is 0 Å². The summed E-state index contributed by atoms with van der Waals surface area (Å²) < 4.78 is 7.75. The first-order chi connectivity index (χ1) is 13.1. The number of aromatic nitrogens is 3. The van der Waals surface area contributed by atoms with Crippen molar-refractivity contribution < 1.29 is 14.3 Å². The van der Waals surface area contributed by atoms with Crippen LogP contribution in [0, 0.1) is 6.92 Å². The van der Waals surface area contributed by atoms with Crippen molar-refractivity contribution in [3.05, 3.63) is 41.9 Å². The van der Waals surface area contributed by atoms with Gasteiger partial charge < -0.3 is 14.5 Å². The Morgan fingerprint density at radius 3 is 3.04 bits per heavy atom. The molecule has 2 atom stereocenters. The summed E-state index contributed by atoms with van der Waals surface area (Å²) in [5, 5.41) is 4.36. The van der Waals surface area contributed by atoms with Crippen molar-refractivity contribution in [2.24, 2.45) is 0 Å². The molecule has 3 aliphatic heterocycles. The third kappa shape index (κ3) is 2.26. The largest absolute Gasteiger partial charge is 0.353 e. The Morgan fingerprint density at radius 2 is 2.22 bits per heavy atom. The third-order valence-corrected chi connectivity index (χ3v) is 5.98. The number of carbonyl (C=O) groups is 2. The Labute approximate surface area is 156 Å². The summed E-state index contributed by atoms with van der Waals surface area (Å²) >= 11 is 0. The molecule has 3 fully saturated rings. The number of hydrogen-bond donors (Lipinski definition) is 0. The molecule has 0 N–H and O–H groups in total. The van der Waals surface area contributed by atoms with Crippen LogP contribution in [0.5, 0.6) is 0 Å². The average molecular weight is 367 g/mol. The summed E-state index contributed by atoms with van der Waals surface area (Å²) in [7, 11) is 0. The highest BCUT2D eigenvalue weighted by Crippen LogP contribution is 2.45. The fourth-order valence-electron chi connectivity index (χ4n) is 4.68. The lowest BCUT2D eigenvalue weighted by molar-refractivity contribution is -0.179. The van der Waals surface area contributed by atoms with E-state index < -0.39 is 5.72 Å². The Morgan fingerprint density at radius 1 is 1.33 bits per heavy atom. The van der Waals surface area contributed by atoms with Crippen LogP contribution in [0.25, 0.3) is 5.82 Å². The van der Waals surface area contributed by atoms with E-state index in [0.717, 1.165) is 12.1 Å². The van der Waals surface area contributed by atoms with E-state index in [-0.39, 0.29) is 17.9 Å². The number of nitrogens with zero attached hydrogens (tertiary/aromatic N) is 5. The van der Waals surface area contributed by atoms with Crippen molar-refractivity contribution in [2.75, 3.05) is 19.7 Å². The highest BCUT2D eigenvalue weighted by Gasteiger charge is 2.61. The Hall–Kier alpha value is -2.74. The molecule has 0 unspecified atom stereocenters. The highest BCUT2D eigenvalue weighted by atomic mass is 16.5. The van der Waals surface area contributed by atoms with Gasteiger partial charge in [-0.2, -0.15) is 5.10 Å². The standard InChI is InChI=1S/C19H21N5O3/c1-13-14(12-21-24(13)16-5-2-3-7-20-16)18(26)22-9-6-19-15(22)11-17(25)23(19)8-4-10-27-19/h2-3,5,7,12,15H,4,6,8-11H2,1H3/t15-,19+/m1/s1. The molecule has 5 rings (SSSR count). The van der Waals surface area contributed by atoms with Gasteiger partial charge in [-0.1, -0.05) is 6.07 Å². The molecule has 0 radical (unpaired) electrons. The molecule has 2 aromatic heterocycles. The second-order valence-corrected chi connectivity index (χ2v) is 7.30. The molecular weight excluding hydrogens is 346 g/mol. The normalized spacial score (nSPS) is 27.0. The van der Waals surface area contributed by atoms with Crippen molar-refractivity contribution in [3.63, 3.8) is 0 Å². The van der Waals surface area contributed by atoms with Gasteiger partial charge in [0, 0.05) is 25.7 Å². The maximum atomic E-state index is 13.3. The summed E-state index contributed by atoms with van der Waals surface area (Å²) in [5.74, 6) is 0.656. The van der Waals surface area contributed by atoms with E-state index >= 15 is 0 Å². The molecule has 2 amide bonds. The highest BCUT2D eigenvalue weighted by molar-refractivity contribution is 5.96. The average Bonchev–Trinajstić information content (AvgIpc) is 3.32. The van der Waals surface area contributed by atoms with Gasteiger partial charge in [-0.15, -0.1) is 0 Å². The van der Waals surface area contributed by atoms with Gasteiger partial charge in [0.05, 0.1) is 36.5 Å². The van der Waals surface area contributed by atoms with Crippen molar-refractivity contribution in [1.29, 1.82) is 0 Å². The van der Waals surface area contributed by atoms with E-state index in [2.05, 4.69) is 10.1 Å². The van der Waals surface area contributed by atoms with Crippen LogP contribution in [0.4, 0.5) is 0 Å². The molecule has 0 aliphatic carbocycles. The Balaban J connectivity index is 1.46. The first-order valence-electron chi connectivity index (χ1n) is 9.33. The zero-order valence-electron chi connectivity index (χ0n) is 15.2. The van der Waals surface area contributed by atoms with Crippen LogP contribution in [0.3, 0.4) is 0 Å². The van der Waals surface area contributed by atoms with Crippen LogP contribution in [-0.4, -0.2) is 67.8 Å². The van der Waals surface area contributed by atoms with E-state index in [1.807, 2.05) is 30.0 Å². The summed E-state index contributed by atoms with van der Waals surface area (Å²) in [6.07, 6.45) is 5.14.